The maximum atomic E-state index is 13.9. The number of benzene rings is 2. The molecule has 2 saturated heterocycles. The van der Waals surface area contributed by atoms with Gasteiger partial charge in [-0.3, -0.25) is 14.4 Å². The zero-order chi connectivity index (χ0) is 36.4. The summed E-state index contributed by atoms with van der Waals surface area (Å²) in [4.78, 5) is 43.3. The summed E-state index contributed by atoms with van der Waals surface area (Å²) < 4.78 is 29.6. The van der Waals surface area contributed by atoms with Crippen molar-refractivity contribution in [2.45, 2.75) is 114 Å². The fourth-order valence-electron chi connectivity index (χ4n) is 7.55. The highest BCUT2D eigenvalue weighted by Gasteiger charge is 2.51. The number of rotatable bonds is 7. The Morgan fingerprint density at radius 2 is 1.68 bits per heavy atom. The average molecular weight is 698 g/mol. The van der Waals surface area contributed by atoms with Crippen LogP contribution >= 0.6 is 0 Å². The zero-order valence-corrected chi connectivity index (χ0v) is 28.0. The summed E-state index contributed by atoms with van der Waals surface area (Å²) in [6.45, 7) is 5.81. The molecular weight excluding hydrogens is 658 g/mol. The minimum Gasteiger partial charge on any atom is -0.507 e. The summed E-state index contributed by atoms with van der Waals surface area (Å²) in [6, 6.07) is 3.45. The zero-order valence-electron chi connectivity index (χ0n) is 28.0. The van der Waals surface area contributed by atoms with Crippen LogP contribution in [0.25, 0.3) is 10.4 Å². The Morgan fingerprint density at radius 1 is 1.00 bits per heavy atom. The number of hydrogen-bond acceptors (Lipinski definition) is 14. The van der Waals surface area contributed by atoms with Gasteiger partial charge in [0, 0.05) is 47.3 Å². The topological polar surface area (TPSA) is 247 Å². The van der Waals surface area contributed by atoms with Crippen LogP contribution in [-0.4, -0.2) is 104 Å². The number of carbonyl (C=O) groups is 3. The van der Waals surface area contributed by atoms with Crippen LogP contribution in [0.2, 0.25) is 0 Å². The normalized spacial score (nSPS) is 35.0. The summed E-state index contributed by atoms with van der Waals surface area (Å²) in [7, 11) is 1.32. The van der Waals surface area contributed by atoms with Gasteiger partial charge < -0.3 is 49.2 Å². The standard InChI is InChI=1S/C34H39N3O13/c1-13-31(50-22-12-33(4,44)32(43)14(2)48-22)18(36-37-35)9-21(47-13)49-20-11-34(45,15(3)38)10-17-24(20)30(42)26-25(28(17)40)27(39)16-7-6-8-19(46-5)23(16)29(26)41/h6-8,13-14,18,20-22,31-32,40,42-45H,9-12H2,1-5H3/t13-,14-,18?,20-,21-,22-,31+,32-,33+,34-/m0/s1. The van der Waals surface area contributed by atoms with Gasteiger partial charge >= 0.3 is 0 Å². The molecule has 2 aliphatic carbocycles. The van der Waals surface area contributed by atoms with Crippen molar-refractivity contribution in [2.24, 2.45) is 5.11 Å². The van der Waals surface area contributed by atoms with Crippen LogP contribution in [0.1, 0.15) is 96.0 Å². The number of azide groups is 1. The molecule has 5 N–H and O–H groups in total. The van der Waals surface area contributed by atoms with Gasteiger partial charge in [0.25, 0.3) is 0 Å². The van der Waals surface area contributed by atoms with Crippen molar-refractivity contribution >= 4 is 17.3 Å². The van der Waals surface area contributed by atoms with Crippen LogP contribution in [0.4, 0.5) is 0 Å². The number of ether oxygens (including phenoxy) is 5. The first-order valence-electron chi connectivity index (χ1n) is 16.2. The Labute approximate surface area is 286 Å². The van der Waals surface area contributed by atoms with E-state index in [1.807, 2.05) is 0 Å². The lowest BCUT2D eigenvalue weighted by Gasteiger charge is -2.46. The molecule has 0 radical (unpaired) electrons. The molecule has 2 heterocycles. The molecule has 4 aliphatic rings. The number of carbonyl (C=O) groups excluding carboxylic acids is 3. The van der Waals surface area contributed by atoms with E-state index in [1.165, 1.54) is 32.2 Å². The highest BCUT2D eigenvalue weighted by Crippen LogP contribution is 2.52. The van der Waals surface area contributed by atoms with E-state index in [2.05, 4.69) is 10.0 Å². The molecule has 268 valence electrons. The SMILES string of the molecule is COc1cccc2c1C(=O)c1c(O)c3c(c(O)c1C2=O)C[C@@](O)(C(C)=O)C[C@@H]3O[C@H]1CC(N=[N+]=[N-])[C@H](O[C@H]2C[C@@](C)(O)[C@@H](O)[C@H](C)O2)[C@H](C)O1. The highest BCUT2D eigenvalue weighted by molar-refractivity contribution is 6.31. The van der Waals surface area contributed by atoms with Gasteiger partial charge in [-0.05, 0) is 39.3 Å². The third kappa shape index (κ3) is 5.81. The molecule has 16 nitrogen and oxygen atoms in total. The molecular formula is C34H39N3O13. The smallest absolute Gasteiger partial charge is 0.202 e. The second kappa shape index (κ2) is 12.9. The van der Waals surface area contributed by atoms with Crippen molar-refractivity contribution in [1.29, 1.82) is 0 Å². The first-order chi connectivity index (χ1) is 23.5. The third-order valence-electron chi connectivity index (χ3n) is 10.2. The van der Waals surface area contributed by atoms with Crippen LogP contribution in [0.15, 0.2) is 23.3 Å². The Morgan fingerprint density at radius 3 is 2.32 bits per heavy atom. The van der Waals surface area contributed by atoms with Gasteiger partial charge in [0.05, 0.1) is 59.9 Å². The van der Waals surface area contributed by atoms with E-state index in [-0.39, 0.29) is 40.8 Å². The summed E-state index contributed by atoms with van der Waals surface area (Å²) in [5.74, 6) is -3.50. The molecule has 0 spiro atoms. The van der Waals surface area contributed by atoms with Gasteiger partial charge in [-0.15, -0.1) is 0 Å². The molecule has 2 aromatic rings. The second-order valence-corrected chi connectivity index (χ2v) is 13.6. The van der Waals surface area contributed by atoms with Crippen LogP contribution < -0.4 is 4.74 Å². The molecule has 0 aromatic heterocycles. The summed E-state index contributed by atoms with van der Waals surface area (Å²) in [5, 5.41) is 59.6. The number of nitrogens with zero attached hydrogens (tertiary/aromatic N) is 3. The molecule has 50 heavy (non-hydrogen) atoms. The Kier molecular flexibility index (Phi) is 9.20. The number of aliphatic hydroxyl groups excluding tert-OH is 1. The van der Waals surface area contributed by atoms with Gasteiger partial charge in [0.2, 0.25) is 5.78 Å². The quantitative estimate of drug-likeness (QED) is 0.103. The van der Waals surface area contributed by atoms with E-state index in [4.69, 9.17) is 23.7 Å². The first kappa shape index (κ1) is 35.7. The molecule has 6 rings (SSSR count). The molecule has 1 unspecified atom stereocenters. The lowest BCUT2D eigenvalue weighted by molar-refractivity contribution is -0.314. The van der Waals surface area contributed by atoms with E-state index in [0.29, 0.717) is 0 Å². The largest absolute Gasteiger partial charge is 0.507 e. The number of methoxy groups -OCH3 is 1. The maximum Gasteiger partial charge on any atom is 0.202 e. The predicted molar refractivity (Wildman–Crippen MR) is 170 cm³/mol. The fourth-order valence-corrected chi connectivity index (χ4v) is 7.55. The molecule has 0 amide bonds. The minimum atomic E-state index is -2.11. The maximum absolute atomic E-state index is 13.9. The lowest BCUT2D eigenvalue weighted by atomic mass is 9.72. The van der Waals surface area contributed by atoms with Crippen LogP contribution in [0.3, 0.4) is 0 Å². The van der Waals surface area contributed by atoms with Crippen LogP contribution in [-0.2, 0) is 30.2 Å². The predicted octanol–water partition coefficient (Wildman–Crippen LogP) is 2.65. The van der Waals surface area contributed by atoms with Gasteiger partial charge in [0.1, 0.15) is 29.0 Å². The van der Waals surface area contributed by atoms with Crippen molar-refractivity contribution in [2.75, 3.05) is 7.11 Å². The number of ketones is 3. The average Bonchev–Trinajstić information content (AvgIpc) is 3.05. The van der Waals surface area contributed by atoms with Gasteiger partial charge in [-0.25, -0.2) is 0 Å². The second-order valence-electron chi connectivity index (χ2n) is 13.6. The van der Waals surface area contributed by atoms with Gasteiger partial charge in [0.15, 0.2) is 24.1 Å². The number of aromatic hydroxyl groups is 2. The number of aliphatic hydroxyl groups is 3. The minimum absolute atomic E-state index is 0.0553. The number of fused-ring (bicyclic) bond motifs is 3. The first-order valence-corrected chi connectivity index (χ1v) is 16.2. The van der Waals surface area contributed by atoms with Crippen LogP contribution in [0, 0.1) is 0 Å². The summed E-state index contributed by atoms with van der Waals surface area (Å²) >= 11 is 0. The van der Waals surface area contributed by atoms with E-state index >= 15 is 0 Å². The Bertz CT molecular complexity index is 1810. The number of phenols is 2. The van der Waals surface area contributed by atoms with Gasteiger partial charge in [-0.2, -0.15) is 0 Å². The van der Waals surface area contributed by atoms with Crippen molar-refractivity contribution in [1.82, 2.24) is 0 Å². The molecule has 2 aromatic carbocycles. The van der Waals surface area contributed by atoms with Crippen molar-refractivity contribution in [3.05, 3.63) is 62.0 Å². The number of Topliss-reactive ketones (excluding diaryl/α,β-unsaturated/α-hetero) is 1. The Hall–Kier alpha value is -4.12. The van der Waals surface area contributed by atoms with E-state index in [9.17, 15) is 45.4 Å². The van der Waals surface area contributed by atoms with Crippen molar-refractivity contribution in [3.63, 3.8) is 0 Å². The van der Waals surface area contributed by atoms with Gasteiger partial charge in [-0.1, -0.05) is 17.2 Å². The molecule has 0 bridgehead atoms. The highest BCUT2D eigenvalue weighted by atomic mass is 16.7. The third-order valence-corrected chi connectivity index (χ3v) is 10.2. The number of phenolic OH excluding ortho intramolecular Hbond substituents is 2. The summed E-state index contributed by atoms with van der Waals surface area (Å²) in [6.07, 6.45) is -8.33. The number of hydrogen-bond donors (Lipinski definition) is 5. The van der Waals surface area contributed by atoms with E-state index in [1.54, 1.807) is 13.8 Å². The van der Waals surface area contributed by atoms with E-state index < -0.39 is 113 Å². The van der Waals surface area contributed by atoms with E-state index in [0.717, 1.165) is 6.92 Å². The van der Waals surface area contributed by atoms with Crippen molar-refractivity contribution < 1.29 is 63.6 Å². The fraction of sp³-hybridized carbons (Fsp3) is 0.559. The van der Waals surface area contributed by atoms with Crippen molar-refractivity contribution in [3.8, 4) is 17.2 Å². The molecule has 2 aliphatic heterocycles. The van der Waals surface area contributed by atoms with Crippen LogP contribution in [0.5, 0.6) is 17.2 Å². The molecule has 16 heteroatoms. The lowest BCUT2D eigenvalue weighted by Crippen LogP contribution is -2.57. The summed E-state index contributed by atoms with van der Waals surface area (Å²) in [5.41, 5.74) is 4.39. The molecule has 2 fully saturated rings. The monoisotopic (exact) mass is 697 g/mol. The molecule has 10 atom stereocenters. The molecule has 0 saturated carbocycles. The Balaban J connectivity index is 1.35.